The number of rotatable bonds is 5. The molecule has 2 aliphatic heterocycles. The van der Waals surface area contributed by atoms with Crippen molar-refractivity contribution in [1.29, 1.82) is 0 Å². The largest absolute Gasteiger partial charge is 0.384 e. The van der Waals surface area contributed by atoms with E-state index in [4.69, 9.17) is 9.72 Å². The molecule has 8 heteroatoms. The number of pyridine rings is 2. The van der Waals surface area contributed by atoms with Crippen LogP contribution >= 0.6 is 0 Å². The standard InChI is InChI=1S/C25H32FN5O2/c1-25(32,18-5-3-2-4-6-18)22-8-7-17-15-27-23(13-20(17)29-22)30-21-14-24(28-16-19(21)26)31-9-11-33-12-10-31/h7-8,13-16,18,23,27,32H,2-6,9-12H2,1H3,(H,28,30). The average Bonchev–Trinajstić information content (AvgIpc) is 2.86. The van der Waals surface area contributed by atoms with Crippen LogP contribution in [0.3, 0.4) is 0 Å². The molecule has 1 saturated heterocycles. The number of ether oxygens (including phenoxy) is 1. The van der Waals surface area contributed by atoms with Gasteiger partial charge >= 0.3 is 0 Å². The predicted octanol–water partition coefficient (Wildman–Crippen LogP) is 1.80. The number of hydrogen-bond donors (Lipinski definition) is 3. The van der Waals surface area contributed by atoms with E-state index in [1.54, 1.807) is 6.07 Å². The zero-order chi connectivity index (χ0) is 22.8. The highest BCUT2D eigenvalue weighted by Crippen LogP contribution is 2.37. The van der Waals surface area contributed by atoms with Gasteiger partial charge in [0.2, 0.25) is 0 Å². The van der Waals surface area contributed by atoms with Crippen LogP contribution in [0.5, 0.6) is 0 Å². The first-order valence-corrected chi connectivity index (χ1v) is 11.9. The molecule has 0 radical (unpaired) electrons. The lowest BCUT2D eigenvalue weighted by Gasteiger charge is -2.35. The van der Waals surface area contributed by atoms with Crippen LogP contribution < -0.4 is 26.1 Å². The number of aromatic nitrogens is 2. The van der Waals surface area contributed by atoms with Crippen LogP contribution in [0.15, 0.2) is 24.4 Å². The third-order valence-corrected chi connectivity index (χ3v) is 7.11. The molecule has 3 N–H and O–H groups in total. The quantitative estimate of drug-likeness (QED) is 0.637. The highest BCUT2D eigenvalue weighted by atomic mass is 19.1. The normalized spacial score (nSPS) is 22.9. The number of hydrogen-bond acceptors (Lipinski definition) is 7. The Morgan fingerprint density at radius 2 is 2.00 bits per heavy atom. The van der Waals surface area contributed by atoms with Crippen molar-refractivity contribution in [1.82, 2.24) is 15.3 Å². The van der Waals surface area contributed by atoms with Crippen molar-refractivity contribution in [2.75, 3.05) is 36.5 Å². The maximum Gasteiger partial charge on any atom is 0.164 e. The van der Waals surface area contributed by atoms with Crippen LogP contribution in [0.4, 0.5) is 15.9 Å². The first-order chi connectivity index (χ1) is 16.0. The van der Waals surface area contributed by atoms with Gasteiger partial charge in [-0.25, -0.2) is 14.4 Å². The number of anilines is 2. The number of morpholine rings is 1. The summed E-state index contributed by atoms with van der Waals surface area (Å²) >= 11 is 0. The summed E-state index contributed by atoms with van der Waals surface area (Å²) in [6.07, 6.45) is 10.3. The maximum absolute atomic E-state index is 14.5. The summed E-state index contributed by atoms with van der Waals surface area (Å²) < 4.78 is 19.9. The van der Waals surface area contributed by atoms with Gasteiger partial charge in [0, 0.05) is 30.6 Å². The third-order valence-electron chi connectivity index (χ3n) is 7.11. The topological polar surface area (TPSA) is 82.5 Å². The van der Waals surface area contributed by atoms with Gasteiger partial charge in [-0.3, -0.25) is 0 Å². The zero-order valence-corrected chi connectivity index (χ0v) is 19.1. The molecule has 7 nitrogen and oxygen atoms in total. The molecule has 0 bridgehead atoms. The molecule has 0 aromatic carbocycles. The molecule has 2 aromatic rings. The Morgan fingerprint density at radius 3 is 2.79 bits per heavy atom. The fourth-order valence-electron chi connectivity index (χ4n) is 5.04. The number of aliphatic hydroxyl groups is 1. The van der Waals surface area contributed by atoms with Crippen molar-refractivity contribution in [3.05, 3.63) is 46.5 Å². The second-order valence-corrected chi connectivity index (χ2v) is 9.37. The van der Waals surface area contributed by atoms with E-state index in [1.807, 2.05) is 31.3 Å². The molecule has 4 heterocycles. The van der Waals surface area contributed by atoms with Crippen LogP contribution in [0.2, 0.25) is 0 Å². The molecular weight excluding hydrogens is 421 g/mol. The monoisotopic (exact) mass is 453 g/mol. The van der Waals surface area contributed by atoms with E-state index >= 15 is 0 Å². The lowest BCUT2D eigenvalue weighted by atomic mass is 9.76. The molecule has 1 saturated carbocycles. The summed E-state index contributed by atoms with van der Waals surface area (Å²) in [5.41, 5.74) is 0.118. The fraction of sp³-hybridized carbons (Fsp3) is 0.520. The van der Waals surface area contributed by atoms with Gasteiger partial charge in [-0.2, -0.15) is 0 Å². The van der Waals surface area contributed by atoms with Gasteiger partial charge in [-0.15, -0.1) is 0 Å². The van der Waals surface area contributed by atoms with Crippen molar-refractivity contribution in [3.63, 3.8) is 0 Å². The second-order valence-electron chi connectivity index (χ2n) is 9.37. The first-order valence-electron chi connectivity index (χ1n) is 11.9. The van der Waals surface area contributed by atoms with Crippen LogP contribution in [0, 0.1) is 11.7 Å². The van der Waals surface area contributed by atoms with Gasteiger partial charge in [0.1, 0.15) is 17.6 Å². The Kier molecular flexibility index (Phi) is 6.21. The number of nitrogens with zero attached hydrogens (tertiary/aromatic N) is 3. The molecule has 2 atom stereocenters. The maximum atomic E-state index is 14.5. The SMILES string of the molecule is CC(O)(c1ccc2c(n1)=CC(Nc1cc(N3CCOCC3)ncc1F)NC=2)C1CCCCC1. The summed E-state index contributed by atoms with van der Waals surface area (Å²) in [6, 6.07) is 5.64. The Balaban J connectivity index is 1.38. The van der Waals surface area contributed by atoms with Gasteiger partial charge in [-0.05, 0) is 43.9 Å². The van der Waals surface area contributed by atoms with E-state index in [-0.39, 0.29) is 12.1 Å². The molecule has 2 unspecified atom stereocenters. The molecule has 176 valence electrons. The van der Waals surface area contributed by atoms with Crippen molar-refractivity contribution in [2.24, 2.45) is 5.92 Å². The minimum Gasteiger partial charge on any atom is -0.384 e. The van der Waals surface area contributed by atoms with Gasteiger partial charge in [-0.1, -0.05) is 19.3 Å². The van der Waals surface area contributed by atoms with E-state index in [0.29, 0.717) is 24.6 Å². The number of fused-ring (bicyclic) bond motifs is 1. The molecule has 33 heavy (non-hydrogen) atoms. The third kappa shape index (κ3) is 4.68. The molecule has 2 fully saturated rings. The molecule has 3 aliphatic rings. The number of nitrogens with one attached hydrogen (secondary N) is 2. The fourth-order valence-corrected chi connectivity index (χ4v) is 5.04. The van der Waals surface area contributed by atoms with E-state index < -0.39 is 11.4 Å². The molecule has 2 aromatic heterocycles. The predicted molar refractivity (Wildman–Crippen MR) is 126 cm³/mol. The lowest BCUT2D eigenvalue weighted by Crippen LogP contribution is -2.45. The van der Waals surface area contributed by atoms with E-state index in [2.05, 4.69) is 20.5 Å². The number of halogens is 1. The second kappa shape index (κ2) is 9.27. The van der Waals surface area contributed by atoms with Gasteiger partial charge in [0.15, 0.2) is 5.82 Å². The molecule has 1 aliphatic carbocycles. The Hall–Kier alpha value is -2.71. The van der Waals surface area contributed by atoms with Crippen molar-refractivity contribution in [2.45, 2.75) is 50.8 Å². The van der Waals surface area contributed by atoms with Crippen LogP contribution in [-0.4, -0.2) is 47.5 Å². The van der Waals surface area contributed by atoms with Crippen LogP contribution in [-0.2, 0) is 10.3 Å². The summed E-state index contributed by atoms with van der Waals surface area (Å²) in [4.78, 5) is 11.2. The van der Waals surface area contributed by atoms with Gasteiger partial charge in [0.25, 0.3) is 0 Å². The Labute approximate surface area is 193 Å². The van der Waals surface area contributed by atoms with E-state index in [9.17, 15) is 9.50 Å². The molecule has 5 rings (SSSR count). The Bertz CT molecular complexity index is 1110. The molecular formula is C25H32FN5O2. The van der Waals surface area contributed by atoms with E-state index in [0.717, 1.165) is 55.2 Å². The van der Waals surface area contributed by atoms with Crippen molar-refractivity contribution < 1.29 is 14.2 Å². The zero-order valence-electron chi connectivity index (χ0n) is 19.1. The average molecular weight is 454 g/mol. The highest BCUT2D eigenvalue weighted by Gasteiger charge is 2.35. The van der Waals surface area contributed by atoms with Gasteiger partial charge < -0.3 is 25.4 Å². The first kappa shape index (κ1) is 22.1. The summed E-state index contributed by atoms with van der Waals surface area (Å²) in [7, 11) is 0. The lowest BCUT2D eigenvalue weighted by molar-refractivity contribution is -0.0253. The molecule has 0 amide bonds. The van der Waals surface area contributed by atoms with E-state index in [1.165, 1.54) is 12.6 Å². The minimum atomic E-state index is -0.957. The van der Waals surface area contributed by atoms with Crippen LogP contribution in [0.25, 0.3) is 12.3 Å². The highest BCUT2D eigenvalue weighted by molar-refractivity contribution is 5.58. The Morgan fingerprint density at radius 1 is 1.21 bits per heavy atom. The van der Waals surface area contributed by atoms with Crippen LogP contribution in [0.1, 0.15) is 44.7 Å². The minimum absolute atomic E-state index is 0.223. The summed E-state index contributed by atoms with van der Waals surface area (Å²) in [6.45, 7) is 4.65. The summed E-state index contributed by atoms with van der Waals surface area (Å²) in [5.74, 6) is 0.544. The van der Waals surface area contributed by atoms with Gasteiger partial charge in [0.05, 0.1) is 36.1 Å². The van der Waals surface area contributed by atoms with Crippen molar-refractivity contribution in [3.8, 4) is 0 Å². The smallest absolute Gasteiger partial charge is 0.164 e. The summed E-state index contributed by atoms with van der Waals surface area (Å²) in [5, 5.41) is 19.5. The van der Waals surface area contributed by atoms with Crippen molar-refractivity contribution >= 4 is 23.8 Å². The molecule has 0 spiro atoms.